The van der Waals surface area contributed by atoms with E-state index in [4.69, 9.17) is 4.98 Å². The second-order valence-corrected chi connectivity index (χ2v) is 6.24. The van der Waals surface area contributed by atoms with Gasteiger partial charge in [0, 0.05) is 25.5 Å². The molecule has 3 heterocycles. The van der Waals surface area contributed by atoms with Crippen LogP contribution < -0.4 is 9.80 Å². The maximum atomic E-state index is 12.3. The summed E-state index contributed by atoms with van der Waals surface area (Å²) in [5.41, 5.74) is 0.787. The number of carbonyl (C=O) groups excluding carboxylic acids is 1. The molecule has 1 aliphatic heterocycles. The second kappa shape index (κ2) is 5.33. The van der Waals surface area contributed by atoms with Gasteiger partial charge in [0.05, 0.1) is 12.7 Å². The zero-order valence-corrected chi connectivity index (χ0v) is 13.4. The van der Waals surface area contributed by atoms with Crippen LogP contribution >= 0.6 is 0 Å². The van der Waals surface area contributed by atoms with E-state index in [2.05, 4.69) is 14.9 Å². The summed E-state index contributed by atoms with van der Waals surface area (Å²) in [5, 5.41) is 0. The predicted octanol–water partition coefficient (Wildman–Crippen LogP) is 1.70. The number of rotatable bonds is 2. The molecule has 23 heavy (non-hydrogen) atoms. The zero-order valence-electron chi connectivity index (χ0n) is 13.4. The predicted molar refractivity (Wildman–Crippen MR) is 86.9 cm³/mol. The van der Waals surface area contributed by atoms with Gasteiger partial charge in [-0.25, -0.2) is 9.97 Å². The Labute approximate surface area is 135 Å². The molecule has 0 unspecified atom stereocenters. The SMILES string of the molecule is Cc1nccn1-c1ncc2c(n1)N(C1CCCC1)CC(=O)N2C. The van der Waals surface area contributed by atoms with Gasteiger partial charge in [0.1, 0.15) is 11.5 Å². The first kappa shape index (κ1) is 14.2. The van der Waals surface area contributed by atoms with Gasteiger partial charge in [-0.3, -0.25) is 9.36 Å². The Balaban J connectivity index is 1.81. The van der Waals surface area contributed by atoms with Gasteiger partial charge >= 0.3 is 0 Å². The molecular weight excluding hydrogens is 292 g/mol. The minimum Gasteiger partial charge on any atom is -0.342 e. The largest absolute Gasteiger partial charge is 0.342 e. The van der Waals surface area contributed by atoms with Crippen molar-refractivity contribution in [1.82, 2.24) is 19.5 Å². The van der Waals surface area contributed by atoms with E-state index < -0.39 is 0 Å². The Morgan fingerprint density at radius 1 is 1.22 bits per heavy atom. The maximum absolute atomic E-state index is 12.3. The summed E-state index contributed by atoms with van der Waals surface area (Å²) in [6.45, 7) is 2.32. The maximum Gasteiger partial charge on any atom is 0.246 e. The van der Waals surface area contributed by atoms with E-state index in [9.17, 15) is 4.79 Å². The molecule has 2 aromatic heterocycles. The Morgan fingerprint density at radius 2 is 2.00 bits per heavy atom. The molecule has 0 atom stereocenters. The highest BCUT2D eigenvalue weighted by molar-refractivity contribution is 6.01. The number of hydrogen-bond donors (Lipinski definition) is 0. The Kier molecular flexibility index (Phi) is 3.28. The molecule has 1 saturated carbocycles. The fourth-order valence-electron chi connectivity index (χ4n) is 3.49. The highest BCUT2D eigenvalue weighted by atomic mass is 16.2. The molecule has 0 spiro atoms. The molecule has 1 amide bonds. The van der Waals surface area contributed by atoms with Crippen LogP contribution in [-0.2, 0) is 4.79 Å². The van der Waals surface area contributed by atoms with Crippen LogP contribution in [-0.4, -0.2) is 45.1 Å². The summed E-state index contributed by atoms with van der Waals surface area (Å²) in [6.07, 6.45) is 10.0. The third-order valence-electron chi connectivity index (χ3n) is 4.86. The molecule has 0 aromatic carbocycles. The van der Waals surface area contributed by atoms with Gasteiger partial charge in [0.25, 0.3) is 0 Å². The topological polar surface area (TPSA) is 67.2 Å². The average molecular weight is 312 g/mol. The fourth-order valence-corrected chi connectivity index (χ4v) is 3.49. The monoisotopic (exact) mass is 312 g/mol. The number of fused-ring (bicyclic) bond motifs is 1. The van der Waals surface area contributed by atoms with Gasteiger partial charge in [-0.1, -0.05) is 12.8 Å². The molecule has 7 nitrogen and oxygen atoms in total. The number of imidazole rings is 1. The highest BCUT2D eigenvalue weighted by Crippen LogP contribution is 2.36. The van der Waals surface area contributed by atoms with Gasteiger partial charge in [-0.2, -0.15) is 4.98 Å². The van der Waals surface area contributed by atoms with Crippen molar-refractivity contribution in [3.8, 4) is 5.95 Å². The van der Waals surface area contributed by atoms with Crippen LogP contribution in [0.25, 0.3) is 5.95 Å². The molecule has 7 heteroatoms. The van der Waals surface area contributed by atoms with Crippen molar-refractivity contribution >= 4 is 17.4 Å². The normalized spacial score (nSPS) is 18.6. The Bertz CT molecular complexity index is 749. The average Bonchev–Trinajstić information content (AvgIpc) is 3.22. The third kappa shape index (κ3) is 2.27. The minimum atomic E-state index is 0.0968. The number of aryl methyl sites for hydroxylation is 1. The van der Waals surface area contributed by atoms with E-state index in [0.29, 0.717) is 18.5 Å². The second-order valence-electron chi connectivity index (χ2n) is 6.24. The van der Waals surface area contributed by atoms with Crippen molar-refractivity contribution in [2.45, 2.75) is 38.6 Å². The van der Waals surface area contributed by atoms with Crippen molar-refractivity contribution in [2.24, 2.45) is 0 Å². The van der Waals surface area contributed by atoms with Crippen LogP contribution in [0.4, 0.5) is 11.5 Å². The molecule has 0 N–H and O–H groups in total. The van der Waals surface area contributed by atoms with E-state index in [1.165, 1.54) is 12.8 Å². The van der Waals surface area contributed by atoms with E-state index in [1.807, 2.05) is 17.7 Å². The van der Waals surface area contributed by atoms with Crippen molar-refractivity contribution in [2.75, 3.05) is 23.4 Å². The smallest absolute Gasteiger partial charge is 0.246 e. The molecule has 2 aromatic rings. The lowest BCUT2D eigenvalue weighted by molar-refractivity contribution is -0.117. The number of carbonyl (C=O) groups is 1. The Hall–Kier alpha value is -2.44. The molecule has 120 valence electrons. The van der Waals surface area contributed by atoms with Crippen LogP contribution in [0, 0.1) is 6.92 Å². The van der Waals surface area contributed by atoms with E-state index >= 15 is 0 Å². The van der Waals surface area contributed by atoms with E-state index in [1.54, 1.807) is 24.3 Å². The van der Waals surface area contributed by atoms with Crippen LogP contribution in [0.1, 0.15) is 31.5 Å². The first-order valence-corrected chi connectivity index (χ1v) is 8.05. The van der Waals surface area contributed by atoms with Gasteiger partial charge < -0.3 is 9.80 Å². The summed E-state index contributed by atoms with van der Waals surface area (Å²) in [7, 11) is 1.79. The lowest BCUT2D eigenvalue weighted by Crippen LogP contribution is -2.48. The quantitative estimate of drug-likeness (QED) is 0.844. The van der Waals surface area contributed by atoms with E-state index in [0.717, 1.165) is 30.2 Å². The zero-order chi connectivity index (χ0) is 16.0. The summed E-state index contributed by atoms with van der Waals surface area (Å²) >= 11 is 0. The lowest BCUT2D eigenvalue weighted by atomic mass is 10.1. The summed E-state index contributed by atoms with van der Waals surface area (Å²) in [4.78, 5) is 29.6. The van der Waals surface area contributed by atoms with Gasteiger partial charge in [0.15, 0.2) is 5.82 Å². The van der Waals surface area contributed by atoms with Crippen molar-refractivity contribution in [1.29, 1.82) is 0 Å². The first-order chi connectivity index (χ1) is 11.1. The van der Waals surface area contributed by atoms with Crippen molar-refractivity contribution in [3.63, 3.8) is 0 Å². The number of hydrogen-bond acceptors (Lipinski definition) is 5. The van der Waals surface area contributed by atoms with Gasteiger partial charge in [-0.05, 0) is 19.8 Å². The molecule has 1 aliphatic carbocycles. The van der Waals surface area contributed by atoms with Crippen LogP contribution in [0.15, 0.2) is 18.6 Å². The number of likely N-dealkylation sites (N-methyl/N-ethyl adjacent to an activating group) is 1. The Morgan fingerprint density at radius 3 is 2.70 bits per heavy atom. The number of aromatic nitrogens is 4. The van der Waals surface area contributed by atoms with Crippen molar-refractivity contribution < 1.29 is 4.79 Å². The van der Waals surface area contributed by atoms with Gasteiger partial charge in [0.2, 0.25) is 11.9 Å². The molecular formula is C16H20N6O. The standard InChI is InChI=1S/C16H20N6O/c1-11-17-7-8-21(11)16-18-9-13-15(19-16)22(10-14(23)20(13)2)12-5-3-4-6-12/h7-9,12H,3-6,10H2,1-2H3. The highest BCUT2D eigenvalue weighted by Gasteiger charge is 2.34. The van der Waals surface area contributed by atoms with E-state index in [-0.39, 0.29) is 5.91 Å². The number of nitrogens with zero attached hydrogens (tertiary/aromatic N) is 6. The molecule has 4 rings (SSSR count). The first-order valence-electron chi connectivity index (χ1n) is 8.05. The summed E-state index contributed by atoms with van der Waals surface area (Å²) in [6, 6.07) is 0.401. The number of anilines is 2. The summed E-state index contributed by atoms with van der Waals surface area (Å²) in [5.74, 6) is 2.40. The molecule has 2 aliphatic rings. The van der Waals surface area contributed by atoms with Crippen molar-refractivity contribution in [3.05, 3.63) is 24.4 Å². The molecule has 1 fully saturated rings. The summed E-state index contributed by atoms with van der Waals surface area (Å²) < 4.78 is 1.86. The van der Waals surface area contributed by atoms with Gasteiger partial charge in [-0.15, -0.1) is 0 Å². The molecule has 0 saturated heterocycles. The number of amides is 1. The third-order valence-corrected chi connectivity index (χ3v) is 4.86. The van der Waals surface area contributed by atoms with Crippen LogP contribution in [0.5, 0.6) is 0 Å². The van der Waals surface area contributed by atoms with Crippen LogP contribution in [0.2, 0.25) is 0 Å². The van der Waals surface area contributed by atoms with Crippen LogP contribution in [0.3, 0.4) is 0 Å². The fraction of sp³-hybridized carbons (Fsp3) is 0.500. The molecule has 0 radical (unpaired) electrons. The lowest BCUT2D eigenvalue weighted by Gasteiger charge is -2.37. The molecule has 0 bridgehead atoms. The minimum absolute atomic E-state index is 0.0968.